The molecule has 1 saturated carbocycles. The maximum Gasteiger partial charge on any atom is 0.226 e. The first kappa shape index (κ1) is 17.8. The van der Waals surface area contributed by atoms with Gasteiger partial charge in [0, 0.05) is 32.2 Å². The molecule has 132 valence electrons. The number of benzene rings is 1. The summed E-state index contributed by atoms with van der Waals surface area (Å²) in [5.41, 5.74) is 0. The second-order valence-electron chi connectivity index (χ2n) is 6.51. The van der Waals surface area contributed by atoms with Crippen LogP contribution in [0.5, 0.6) is 5.75 Å². The summed E-state index contributed by atoms with van der Waals surface area (Å²) in [4.78, 5) is 16.8. The average Bonchev–Trinajstić information content (AvgIpc) is 3.13. The molecule has 0 spiro atoms. The van der Waals surface area contributed by atoms with Gasteiger partial charge in [-0.1, -0.05) is 42.1 Å². The van der Waals surface area contributed by atoms with Crippen molar-refractivity contribution in [1.82, 2.24) is 9.80 Å². The summed E-state index contributed by atoms with van der Waals surface area (Å²) in [5, 5.41) is 0.861. The zero-order chi connectivity index (χ0) is 16.9. The number of nitrogens with zero attached hydrogens (tertiary/aromatic N) is 2. The van der Waals surface area contributed by atoms with Gasteiger partial charge >= 0.3 is 0 Å². The Hall–Kier alpha value is -0.970. The third-order valence-electron chi connectivity index (χ3n) is 5.00. The van der Waals surface area contributed by atoms with Crippen molar-refractivity contribution in [2.75, 3.05) is 32.8 Å². The summed E-state index contributed by atoms with van der Waals surface area (Å²) >= 11 is 12.0. The van der Waals surface area contributed by atoms with E-state index in [0.29, 0.717) is 28.8 Å². The van der Waals surface area contributed by atoms with Gasteiger partial charge in [0.2, 0.25) is 5.91 Å². The van der Waals surface area contributed by atoms with E-state index in [4.69, 9.17) is 27.9 Å². The Labute approximate surface area is 153 Å². The molecular weight excluding hydrogens is 347 g/mol. The fourth-order valence-electron chi connectivity index (χ4n) is 3.61. The van der Waals surface area contributed by atoms with Crippen molar-refractivity contribution in [3.63, 3.8) is 0 Å². The minimum absolute atomic E-state index is 0.152. The third kappa shape index (κ3) is 4.35. The van der Waals surface area contributed by atoms with Gasteiger partial charge in [-0.2, -0.15) is 0 Å². The predicted molar refractivity (Wildman–Crippen MR) is 97.0 cm³/mol. The molecule has 0 atom stereocenters. The van der Waals surface area contributed by atoms with Crippen LogP contribution in [-0.2, 0) is 4.79 Å². The van der Waals surface area contributed by atoms with E-state index in [0.717, 1.165) is 32.2 Å². The number of rotatable bonds is 5. The molecule has 2 fully saturated rings. The molecule has 0 bridgehead atoms. The Morgan fingerprint density at radius 1 is 1.12 bits per heavy atom. The normalized spacial score (nSPS) is 19.7. The van der Waals surface area contributed by atoms with E-state index in [1.165, 1.54) is 25.7 Å². The van der Waals surface area contributed by atoms with Crippen LogP contribution >= 0.6 is 23.2 Å². The van der Waals surface area contributed by atoms with Crippen molar-refractivity contribution in [2.45, 2.75) is 38.1 Å². The number of carbonyl (C=O) groups excluding carboxylic acids is 1. The maximum atomic E-state index is 12.3. The number of hydrogen-bond donors (Lipinski definition) is 0. The quantitative estimate of drug-likeness (QED) is 0.788. The molecule has 1 aliphatic heterocycles. The maximum absolute atomic E-state index is 12.3. The summed E-state index contributed by atoms with van der Waals surface area (Å²) < 4.78 is 5.61. The summed E-state index contributed by atoms with van der Waals surface area (Å²) in [6, 6.07) is 6.01. The number of amides is 1. The molecule has 1 saturated heterocycles. The van der Waals surface area contributed by atoms with Gasteiger partial charge < -0.3 is 9.64 Å². The second kappa shape index (κ2) is 8.41. The van der Waals surface area contributed by atoms with Gasteiger partial charge in [0.05, 0.1) is 18.1 Å². The fourth-order valence-corrected chi connectivity index (χ4v) is 3.95. The van der Waals surface area contributed by atoms with Gasteiger partial charge in [-0.25, -0.2) is 0 Å². The minimum Gasteiger partial charge on any atom is -0.491 e. The van der Waals surface area contributed by atoms with E-state index in [-0.39, 0.29) is 5.91 Å². The fraction of sp³-hybridized carbons (Fsp3) is 0.611. The number of carbonyl (C=O) groups is 1. The molecule has 0 unspecified atom stereocenters. The SMILES string of the molecule is O=C(CCOc1cccc(Cl)c1Cl)N1CCN(C2CCCC2)CC1. The largest absolute Gasteiger partial charge is 0.491 e. The molecule has 3 rings (SSSR count). The Kier molecular flexibility index (Phi) is 6.25. The Morgan fingerprint density at radius 3 is 2.54 bits per heavy atom. The van der Waals surface area contributed by atoms with Crippen molar-refractivity contribution < 1.29 is 9.53 Å². The molecule has 0 aromatic heterocycles. The van der Waals surface area contributed by atoms with E-state index in [2.05, 4.69) is 4.90 Å². The number of piperazine rings is 1. The molecule has 1 heterocycles. The average molecular weight is 371 g/mol. The van der Waals surface area contributed by atoms with Crippen molar-refractivity contribution in [2.24, 2.45) is 0 Å². The van der Waals surface area contributed by atoms with E-state index in [9.17, 15) is 4.79 Å². The monoisotopic (exact) mass is 370 g/mol. The lowest BCUT2D eigenvalue weighted by Gasteiger charge is -2.38. The summed E-state index contributed by atoms with van der Waals surface area (Å²) in [6.45, 7) is 3.97. The smallest absolute Gasteiger partial charge is 0.226 e. The van der Waals surface area contributed by atoms with Gasteiger partial charge in [0.25, 0.3) is 0 Å². The predicted octanol–water partition coefficient (Wildman–Crippen LogP) is 3.85. The highest BCUT2D eigenvalue weighted by Gasteiger charge is 2.27. The van der Waals surface area contributed by atoms with Crippen LogP contribution in [0.25, 0.3) is 0 Å². The second-order valence-corrected chi connectivity index (χ2v) is 7.29. The lowest BCUT2D eigenvalue weighted by Crippen LogP contribution is -2.51. The molecule has 1 aromatic carbocycles. The Balaban J connectivity index is 1.40. The molecule has 1 amide bonds. The van der Waals surface area contributed by atoms with E-state index < -0.39 is 0 Å². The van der Waals surface area contributed by atoms with Crippen molar-refractivity contribution in [3.8, 4) is 5.75 Å². The molecule has 6 heteroatoms. The number of ether oxygens (including phenoxy) is 1. The summed E-state index contributed by atoms with van der Waals surface area (Å²) in [5.74, 6) is 0.683. The zero-order valence-corrected chi connectivity index (χ0v) is 15.4. The van der Waals surface area contributed by atoms with Crippen LogP contribution in [0.3, 0.4) is 0 Å². The molecule has 0 N–H and O–H groups in total. The van der Waals surface area contributed by atoms with Crippen LogP contribution < -0.4 is 4.74 Å². The molecular formula is C18H24Cl2N2O2. The zero-order valence-electron chi connectivity index (χ0n) is 13.8. The third-order valence-corrected chi connectivity index (χ3v) is 5.80. The molecule has 24 heavy (non-hydrogen) atoms. The van der Waals surface area contributed by atoms with Gasteiger partial charge in [-0.3, -0.25) is 9.69 Å². The van der Waals surface area contributed by atoms with Crippen molar-refractivity contribution in [3.05, 3.63) is 28.2 Å². The topological polar surface area (TPSA) is 32.8 Å². The highest BCUT2D eigenvalue weighted by molar-refractivity contribution is 6.42. The lowest BCUT2D eigenvalue weighted by molar-refractivity contribution is -0.133. The van der Waals surface area contributed by atoms with Crippen LogP contribution in [0.2, 0.25) is 10.0 Å². The van der Waals surface area contributed by atoms with Gasteiger partial charge in [-0.05, 0) is 25.0 Å². The van der Waals surface area contributed by atoms with E-state index in [1.54, 1.807) is 18.2 Å². The van der Waals surface area contributed by atoms with Gasteiger partial charge in [0.15, 0.2) is 0 Å². The van der Waals surface area contributed by atoms with Gasteiger partial charge in [-0.15, -0.1) is 0 Å². The molecule has 1 aliphatic carbocycles. The van der Waals surface area contributed by atoms with Crippen LogP contribution in [0, 0.1) is 0 Å². The number of hydrogen-bond acceptors (Lipinski definition) is 3. The molecule has 2 aliphatic rings. The van der Waals surface area contributed by atoms with Crippen LogP contribution in [0.1, 0.15) is 32.1 Å². The summed E-state index contributed by atoms with van der Waals surface area (Å²) in [6.07, 6.45) is 5.72. The Bertz CT molecular complexity index is 568. The van der Waals surface area contributed by atoms with Crippen LogP contribution in [0.4, 0.5) is 0 Å². The number of halogens is 2. The first-order valence-electron chi connectivity index (χ1n) is 8.74. The van der Waals surface area contributed by atoms with E-state index >= 15 is 0 Å². The molecule has 1 aromatic rings. The van der Waals surface area contributed by atoms with Crippen LogP contribution in [-0.4, -0.2) is 54.5 Å². The highest BCUT2D eigenvalue weighted by Crippen LogP contribution is 2.31. The first-order chi connectivity index (χ1) is 11.6. The standard InChI is InChI=1S/C18H24Cl2N2O2/c19-15-6-3-7-16(18(15)20)24-13-8-17(23)22-11-9-21(10-12-22)14-4-1-2-5-14/h3,6-7,14H,1-2,4-5,8-13H2. The van der Waals surface area contributed by atoms with Crippen molar-refractivity contribution in [1.29, 1.82) is 0 Å². The highest BCUT2D eigenvalue weighted by atomic mass is 35.5. The summed E-state index contributed by atoms with van der Waals surface area (Å²) in [7, 11) is 0. The molecule has 4 nitrogen and oxygen atoms in total. The minimum atomic E-state index is 0.152. The van der Waals surface area contributed by atoms with Gasteiger partial charge in [0.1, 0.15) is 10.8 Å². The Morgan fingerprint density at radius 2 is 1.83 bits per heavy atom. The van der Waals surface area contributed by atoms with Crippen molar-refractivity contribution >= 4 is 29.1 Å². The first-order valence-corrected chi connectivity index (χ1v) is 9.49. The molecule has 0 radical (unpaired) electrons. The van der Waals surface area contributed by atoms with Crippen LogP contribution in [0.15, 0.2) is 18.2 Å². The van der Waals surface area contributed by atoms with E-state index in [1.807, 2.05) is 4.90 Å². The lowest BCUT2D eigenvalue weighted by atomic mass is 10.2.